The van der Waals surface area contributed by atoms with Crippen molar-refractivity contribution >= 4 is 115 Å². The van der Waals surface area contributed by atoms with Gasteiger partial charge in [-0.05, 0) is 135 Å². The highest BCUT2D eigenvalue weighted by molar-refractivity contribution is 9.15. The molecule has 98 heavy (non-hydrogen) atoms. The number of rotatable bonds is 48. The number of aryl methyl sites for hydroxylation is 4. The van der Waals surface area contributed by atoms with E-state index in [0.29, 0.717) is 0 Å². The summed E-state index contributed by atoms with van der Waals surface area (Å²) in [6.07, 6.45) is 64.9. The summed E-state index contributed by atoms with van der Waals surface area (Å²) in [5.41, 5.74) is 16.7. The highest BCUT2D eigenvalue weighted by Gasteiger charge is 2.63. The molecule has 3 aromatic heterocycles. The van der Waals surface area contributed by atoms with Crippen molar-refractivity contribution in [2.75, 3.05) is 5.75 Å². The van der Waals surface area contributed by atoms with E-state index in [1.54, 1.807) is 11.1 Å². The van der Waals surface area contributed by atoms with Gasteiger partial charge >= 0.3 is 0 Å². The molecule has 11 rings (SSSR count). The van der Waals surface area contributed by atoms with Crippen LogP contribution in [0.4, 0.5) is 0 Å². The summed E-state index contributed by atoms with van der Waals surface area (Å²) < 4.78 is 9.86. The van der Waals surface area contributed by atoms with Crippen LogP contribution in [0.15, 0.2) is 117 Å². The Morgan fingerprint density at radius 1 is 0.378 bits per heavy atom. The first kappa shape index (κ1) is 75.9. The largest absolute Gasteiger partial charge is 0.141 e. The van der Waals surface area contributed by atoms with E-state index in [-0.39, 0.29) is 5.92 Å². The molecule has 1 fully saturated rings. The molecule has 0 saturated heterocycles. The van der Waals surface area contributed by atoms with Crippen LogP contribution in [0.3, 0.4) is 0 Å². The molecule has 1 saturated carbocycles. The highest BCUT2D eigenvalue weighted by Crippen LogP contribution is 2.68. The molecule has 0 N–H and O–H groups in total. The number of allylic oxidation sites excluding steroid dienone is 1. The smallest absolute Gasteiger partial charge is 0.0688 e. The number of hydrogen-bond donors (Lipinski definition) is 0. The maximum Gasteiger partial charge on any atom is 0.0688 e. The average molecular weight is 1520 g/mol. The van der Waals surface area contributed by atoms with Crippen LogP contribution in [0.5, 0.6) is 0 Å². The van der Waals surface area contributed by atoms with Crippen molar-refractivity contribution in [2.45, 2.75) is 326 Å². The van der Waals surface area contributed by atoms with Crippen molar-refractivity contribution in [1.82, 2.24) is 0 Å². The first-order valence-electron chi connectivity index (χ1n) is 40.6. The average Bonchev–Trinajstić information content (AvgIpc) is 1.45. The molecule has 1 unspecified atom stereocenters. The van der Waals surface area contributed by atoms with Gasteiger partial charge in [-0.2, -0.15) is 0 Å². The Kier molecular flexibility index (Phi) is 30.7. The number of fused-ring (bicyclic) bond motifs is 8. The van der Waals surface area contributed by atoms with Crippen molar-refractivity contribution in [3.8, 4) is 0 Å². The maximum atomic E-state index is 4.20. The molecular weight excluding hydrogens is 1390 g/mol. The fourth-order valence-corrected chi connectivity index (χ4v) is 24.5. The molecule has 1 atom stereocenters. The first-order valence-corrected chi connectivity index (χ1v) is 45.7. The summed E-state index contributed by atoms with van der Waals surface area (Å²) in [6, 6.07) is 41.6. The van der Waals surface area contributed by atoms with Crippen LogP contribution >= 0.6 is 77.6 Å². The normalized spacial score (nSPS) is 15.7. The van der Waals surface area contributed by atoms with Crippen LogP contribution in [-0.4, -0.2) is 5.75 Å². The van der Waals surface area contributed by atoms with Crippen LogP contribution < -0.4 is 18.8 Å². The van der Waals surface area contributed by atoms with Gasteiger partial charge in [0, 0.05) is 50.7 Å². The molecule has 4 aromatic carbocycles. The van der Waals surface area contributed by atoms with Crippen molar-refractivity contribution < 1.29 is 0 Å². The van der Waals surface area contributed by atoms with E-state index >= 15 is 0 Å². The Morgan fingerprint density at radius 2 is 0.724 bits per heavy atom. The van der Waals surface area contributed by atoms with Crippen LogP contribution in [0.25, 0.3) is 37.2 Å². The Hall–Kier alpha value is -3.23. The van der Waals surface area contributed by atoms with E-state index in [4.69, 9.17) is 0 Å². The van der Waals surface area contributed by atoms with Gasteiger partial charge in [-0.15, -0.1) is 45.8 Å². The van der Waals surface area contributed by atoms with Crippen molar-refractivity contribution in [3.63, 3.8) is 0 Å². The second-order valence-electron chi connectivity index (χ2n) is 30.3. The summed E-state index contributed by atoms with van der Waals surface area (Å²) in [4.78, 5) is 1.48. The molecule has 0 amide bonds. The predicted octanol–water partition coefficient (Wildman–Crippen LogP) is 28.0. The van der Waals surface area contributed by atoms with Gasteiger partial charge in [0.25, 0.3) is 0 Å². The second-order valence-corrected chi connectivity index (χ2v) is 36.1. The second kappa shape index (κ2) is 39.6. The fourth-order valence-electron chi connectivity index (χ4n) is 17.5. The molecule has 0 bridgehead atoms. The number of halogens is 2. The number of benzene rings is 4. The van der Waals surface area contributed by atoms with Gasteiger partial charge in [0.05, 0.1) is 24.8 Å². The van der Waals surface area contributed by atoms with Crippen LogP contribution in [0, 0.1) is 5.92 Å². The number of unbranched alkanes of at least 4 members (excludes halogenated alkanes) is 36. The van der Waals surface area contributed by atoms with E-state index in [2.05, 4.69) is 209 Å². The molecule has 0 spiro atoms. The minimum Gasteiger partial charge on any atom is -0.141 e. The molecule has 3 aliphatic carbocycles. The summed E-state index contributed by atoms with van der Waals surface area (Å²) in [5, 5.41) is 3.82. The lowest BCUT2D eigenvalue weighted by Gasteiger charge is -2.55. The predicted molar refractivity (Wildman–Crippen MR) is 446 cm³/mol. The Balaban J connectivity index is 1.02. The van der Waals surface area contributed by atoms with Gasteiger partial charge in [0.15, 0.2) is 0 Å². The molecule has 4 heterocycles. The van der Waals surface area contributed by atoms with Crippen molar-refractivity contribution in [3.05, 3.63) is 181 Å². The lowest BCUT2D eigenvalue weighted by Crippen LogP contribution is -2.52. The molecule has 0 radical (unpaired) electrons. The first-order chi connectivity index (χ1) is 48.4. The molecule has 6 heteroatoms. The molecule has 7 aromatic rings. The summed E-state index contributed by atoms with van der Waals surface area (Å²) in [7, 11) is 0. The number of hydrogen-bond acceptors (Lipinski definition) is 4. The zero-order valence-electron chi connectivity index (χ0n) is 61.3. The quantitative estimate of drug-likeness (QED) is 0.0343. The number of thioether (sulfide) groups is 1. The highest BCUT2D eigenvalue weighted by atomic mass is 79.9. The van der Waals surface area contributed by atoms with Gasteiger partial charge in [-0.1, -0.05) is 378 Å². The zero-order chi connectivity index (χ0) is 67.8. The van der Waals surface area contributed by atoms with Gasteiger partial charge in [0.2, 0.25) is 0 Å². The minimum atomic E-state index is -0.573. The van der Waals surface area contributed by atoms with Gasteiger partial charge in [-0.25, -0.2) is 0 Å². The fraction of sp³-hybridized carbons (Fsp3) is 0.565. The van der Waals surface area contributed by atoms with Gasteiger partial charge < -0.3 is 0 Å². The molecule has 4 aliphatic rings. The number of thiophene rings is 3. The van der Waals surface area contributed by atoms with Crippen molar-refractivity contribution in [2.24, 2.45) is 5.92 Å². The molecule has 528 valence electrons. The van der Waals surface area contributed by atoms with E-state index in [1.165, 1.54) is 355 Å². The maximum absolute atomic E-state index is 4.20. The van der Waals surface area contributed by atoms with Gasteiger partial charge in [-0.3, -0.25) is 0 Å². The lowest BCUT2D eigenvalue weighted by molar-refractivity contribution is 0.526. The molecular formula is C92H122Br2S4. The zero-order valence-corrected chi connectivity index (χ0v) is 67.7. The van der Waals surface area contributed by atoms with E-state index in [9.17, 15) is 0 Å². The minimum absolute atomic E-state index is 0.0300. The molecule has 1 aliphatic heterocycles. The lowest BCUT2D eigenvalue weighted by atomic mass is 9.46. The van der Waals surface area contributed by atoms with E-state index in [0.717, 1.165) is 31.4 Å². The Morgan fingerprint density at radius 3 is 1.09 bits per heavy atom. The van der Waals surface area contributed by atoms with E-state index < -0.39 is 10.8 Å². The van der Waals surface area contributed by atoms with E-state index in [1.807, 2.05) is 11.3 Å². The molecule has 0 nitrogen and oxygen atoms in total. The SMILES string of the molecule is CCCCCCCCCCCCc1ccc(C2(c3ccc(CCCCCCCCCCCC)cc3)C3=Cc4c5c(sc4=C3C(c3ccc(CCCCCCCCCCCC)cc3)(c3ccc(CCCCCCCCCCCC)cc3)C3C=c4c(sc6c(Br)csc46)=C32)=C(Br)CS5)cc1. The third-order valence-electron chi connectivity index (χ3n) is 23.1. The monoisotopic (exact) mass is 1510 g/mol. The van der Waals surface area contributed by atoms with Crippen LogP contribution in [0.2, 0.25) is 0 Å². The summed E-state index contributed by atoms with van der Waals surface area (Å²) in [6.45, 7) is 9.31. The van der Waals surface area contributed by atoms with Crippen LogP contribution in [-0.2, 0) is 36.5 Å². The van der Waals surface area contributed by atoms with Crippen LogP contribution in [0.1, 0.15) is 335 Å². The summed E-state index contributed by atoms with van der Waals surface area (Å²) >= 11 is 16.5. The standard InChI is InChI=1S/C92H122Br2S4/c1-5-9-13-17-21-25-29-33-37-41-45-69-49-57-73(58-50-69)91(74-59-51-70(52-60-74)46-42-38-34-30-26-22-18-14-10-6-2)79-65-77-86(98-90-82(94)68-95-87(77)90)84(79)92(80-66-78-85(83(80)91)97-89-81(93)67-96-88(78)89,75-61-53-71(54-62-75)47-43-39-35-31-27-23-19-15-11-7-3)76-63-55-72(56-64-76)48-44-40-36-32-28-24-20-16-12-8-4/h49-67,80H,5-48,68H2,1-4H3. The van der Waals surface area contributed by atoms with Gasteiger partial charge in [0.1, 0.15) is 0 Å². The third-order valence-corrected chi connectivity index (χ3v) is 30.6. The topological polar surface area (TPSA) is 0 Å². The third kappa shape index (κ3) is 18.3. The Labute approximate surface area is 628 Å². The Bertz CT molecular complexity index is 3710. The van der Waals surface area contributed by atoms with Crippen molar-refractivity contribution in [1.29, 1.82) is 0 Å². The summed E-state index contributed by atoms with van der Waals surface area (Å²) in [5.74, 6) is 1.03.